The summed E-state index contributed by atoms with van der Waals surface area (Å²) < 4.78 is 51.6. The topological polar surface area (TPSA) is 93.7 Å². The molecule has 0 saturated heterocycles. The third-order valence-electron chi connectivity index (χ3n) is 4.84. The largest absolute Gasteiger partial charge is 0.493 e. The lowest BCUT2D eigenvalue weighted by Crippen LogP contribution is -2.17. The zero-order valence-electron chi connectivity index (χ0n) is 18.0. The Morgan fingerprint density at radius 3 is 2.12 bits per heavy atom. The van der Waals surface area contributed by atoms with Crippen molar-refractivity contribution < 1.29 is 27.1 Å². The van der Waals surface area contributed by atoms with Crippen molar-refractivity contribution in [3.8, 4) is 11.5 Å². The van der Waals surface area contributed by atoms with Crippen LogP contribution in [0.5, 0.6) is 11.5 Å². The first-order valence-corrected chi connectivity index (χ1v) is 11.1. The highest BCUT2D eigenvalue weighted by Gasteiger charge is 2.19. The minimum Gasteiger partial charge on any atom is -0.493 e. The number of nitrogens with one attached hydrogen (secondary N) is 2. The number of methoxy groups -OCH3 is 2. The number of carbonyl (C=O) groups excluding carboxylic acids is 1. The number of hydrogen-bond donors (Lipinski definition) is 2. The van der Waals surface area contributed by atoms with Crippen LogP contribution in [0.1, 0.15) is 21.5 Å². The molecule has 0 heterocycles. The van der Waals surface area contributed by atoms with Crippen LogP contribution >= 0.6 is 0 Å². The Hall–Kier alpha value is -3.59. The van der Waals surface area contributed by atoms with Gasteiger partial charge in [-0.05, 0) is 67.4 Å². The normalized spacial score (nSPS) is 11.0. The molecule has 3 aromatic carbocycles. The third-order valence-corrected chi connectivity index (χ3v) is 6.22. The second-order valence-electron chi connectivity index (χ2n) is 7.07. The molecule has 9 heteroatoms. The van der Waals surface area contributed by atoms with E-state index in [0.717, 1.165) is 17.7 Å². The van der Waals surface area contributed by atoms with Crippen molar-refractivity contribution in [1.82, 2.24) is 0 Å². The molecule has 0 spiro atoms. The first-order chi connectivity index (χ1) is 15.1. The summed E-state index contributed by atoms with van der Waals surface area (Å²) in [6.07, 6.45) is 0. The molecular weight excluding hydrogens is 435 g/mol. The molecule has 1 amide bonds. The highest BCUT2D eigenvalue weighted by atomic mass is 32.2. The molecule has 0 aromatic heterocycles. The van der Waals surface area contributed by atoms with Crippen molar-refractivity contribution in [2.24, 2.45) is 0 Å². The van der Waals surface area contributed by atoms with Crippen LogP contribution in [-0.4, -0.2) is 28.5 Å². The number of rotatable bonds is 7. The summed E-state index contributed by atoms with van der Waals surface area (Å²) in [6.45, 7) is 3.51. The average molecular weight is 459 g/mol. The maximum absolute atomic E-state index is 13.1. The van der Waals surface area contributed by atoms with E-state index in [9.17, 15) is 17.6 Å². The summed E-state index contributed by atoms with van der Waals surface area (Å²) in [5.41, 5.74) is 2.25. The van der Waals surface area contributed by atoms with E-state index < -0.39 is 21.7 Å². The zero-order valence-corrected chi connectivity index (χ0v) is 18.8. The SMILES string of the molecule is COc1cc(C)c(NC(=O)c2cc(S(=O)(=O)Nc3ccc(F)cc3)ccc2C)cc1OC. The van der Waals surface area contributed by atoms with Crippen molar-refractivity contribution in [2.45, 2.75) is 18.7 Å². The first-order valence-electron chi connectivity index (χ1n) is 9.57. The van der Waals surface area contributed by atoms with E-state index >= 15 is 0 Å². The number of ether oxygens (including phenoxy) is 2. The van der Waals surface area contributed by atoms with Crippen molar-refractivity contribution in [1.29, 1.82) is 0 Å². The van der Waals surface area contributed by atoms with Crippen LogP contribution in [0.4, 0.5) is 15.8 Å². The monoisotopic (exact) mass is 458 g/mol. The molecule has 3 aromatic rings. The number of carbonyl (C=O) groups is 1. The summed E-state index contributed by atoms with van der Waals surface area (Å²) in [7, 11) is -0.979. The smallest absolute Gasteiger partial charge is 0.261 e. The van der Waals surface area contributed by atoms with Gasteiger partial charge >= 0.3 is 0 Å². The number of halogens is 1. The van der Waals surface area contributed by atoms with E-state index in [1.807, 2.05) is 0 Å². The van der Waals surface area contributed by atoms with Gasteiger partial charge in [0.05, 0.1) is 19.1 Å². The minimum atomic E-state index is -3.99. The van der Waals surface area contributed by atoms with Gasteiger partial charge in [-0.15, -0.1) is 0 Å². The van der Waals surface area contributed by atoms with Gasteiger partial charge in [0.25, 0.3) is 15.9 Å². The van der Waals surface area contributed by atoms with Gasteiger partial charge in [-0.3, -0.25) is 9.52 Å². The highest BCUT2D eigenvalue weighted by molar-refractivity contribution is 7.92. The molecule has 0 unspecified atom stereocenters. The fraction of sp³-hybridized carbons (Fsp3) is 0.174. The molecule has 0 aliphatic heterocycles. The fourth-order valence-corrected chi connectivity index (χ4v) is 4.13. The van der Waals surface area contributed by atoms with Crippen LogP contribution < -0.4 is 19.5 Å². The minimum absolute atomic E-state index is 0.0957. The van der Waals surface area contributed by atoms with Gasteiger partial charge in [0.2, 0.25) is 0 Å². The second kappa shape index (κ2) is 9.27. The maximum atomic E-state index is 13.1. The second-order valence-corrected chi connectivity index (χ2v) is 8.75. The summed E-state index contributed by atoms with van der Waals surface area (Å²) in [5, 5.41) is 2.80. The van der Waals surface area contributed by atoms with E-state index in [0.29, 0.717) is 22.7 Å². The van der Waals surface area contributed by atoms with Gasteiger partial charge < -0.3 is 14.8 Å². The number of benzene rings is 3. The molecule has 168 valence electrons. The van der Waals surface area contributed by atoms with Crippen LogP contribution in [0.2, 0.25) is 0 Å². The van der Waals surface area contributed by atoms with Gasteiger partial charge in [0.1, 0.15) is 5.82 Å². The van der Waals surface area contributed by atoms with Crippen molar-refractivity contribution in [3.05, 3.63) is 77.1 Å². The van der Waals surface area contributed by atoms with E-state index in [1.165, 1.54) is 38.5 Å². The maximum Gasteiger partial charge on any atom is 0.261 e. The van der Waals surface area contributed by atoms with E-state index in [2.05, 4.69) is 10.0 Å². The summed E-state index contributed by atoms with van der Waals surface area (Å²) in [6, 6.07) is 12.5. The fourth-order valence-electron chi connectivity index (χ4n) is 3.05. The molecule has 3 rings (SSSR count). The molecule has 32 heavy (non-hydrogen) atoms. The summed E-state index contributed by atoms with van der Waals surface area (Å²) in [4.78, 5) is 12.9. The lowest BCUT2D eigenvalue weighted by molar-refractivity contribution is 0.102. The van der Waals surface area contributed by atoms with Crippen molar-refractivity contribution >= 4 is 27.3 Å². The highest BCUT2D eigenvalue weighted by Crippen LogP contribution is 2.33. The lowest BCUT2D eigenvalue weighted by atomic mass is 10.1. The van der Waals surface area contributed by atoms with Gasteiger partial charge in [-0.1, -0.05) is 6.07 Å². The van der Waals surface area contributed by atoms with Gasteiger partial charge in [0, 0.05) is 23.0 Å². The third kappa shape index (κ3) is 5.00. The molecular formula is C23H23FN2O5S. The number of hydrogen-bond acceptors (Lipinski definition) is 5. The van der Waals surface area contributed by atoms with Crippen LogP contribution in [-0.2, 0) is 10.0 Å². The average Bonchev–Trinajstić information content (AvgIpc) is 2.76. The number of sulfonamides is 1. The Balaban J connectivity index is 1.90. The van der Waals surface area contributed by atoms with E-state index in [1.54, 1.807) is 32.0 Å². The summed E-state index contributed by atoms with van der Waals surface area (Å²) in [5.74, 6) is 0.0217. The number of anilines is 2. The number of amides is 1. The van der Waals surface area contributed by atoms with Crippen LogP contribution in [0.25, 0.3) is 0 Å². The van der Waals surface area contributed by atoms with Gasteiger partial charge in [-0.2, -0.15) is 0 Å². The van der Waals surface area contributed by atoms with Crippen molar-refractivity contribution in [3.63, 3.8) is 0 Å². The molecule has 0 radical (unpaired) electrons. The molecule has 7 nitrogen and oxygen atoms in total. The zero-order chi connectivity index (χ0) is 23.5. The predicted octanol–water partition coefficient (Wildman–Crippen LogP) is 4.51. The molecule has 0 aliphatic rings. The molecule has 0 fully saturated rings. The van der Waals surface area contributed by atoms with Gasteiger partial charge in [0.15, 0.2) is 11.5 Å². The Bertz CT molecular complexity index is 1260. The lowest BCUT2D eigenvalue weighted by Gasteiger charge is -2.15. The number of aryl methyl sites for hydroxylation is 2. The Morgan fingerprint density at radius 2 is 1.50 bits per heavy atom. The van der Waals surface area contributed by atoms with E-state index in [-0.39, 0.29) is 16.1 Å². The quantitative estimate of drug-likeness (QED) is 0.543. The molecule has 0 saturated carbocycles. The van der Waals surface area contributed by atoms with Crippen LogP contribution in [0, 0.1) is 19.7 Å². The molecule has 0 bridgehead atoms. The van der Waals surface area contributed by atoms with Gasteiger partial charge in [-0.25, -0.2) is 12.8 Å². The Morgan fingerprint density at radius 1 is 0.875 bits per heavy atom. The first kappa shape index (κ1) is 23.1. The Labute approximate surface area is 186 Å². The Kier molecular flexibility index (Phi) is 6.69. The van der Waals surface area contributed by atoms with E-state index in [4.69, 9.17) is 9.47 Å². The van der Waals surface area contributed by atoms with Crippen LogP contribution in [0.15, 0.2) is 59.5 Å². The summed E-state index contributed by atoms with van der Waals surface area (Å²) >= 11 is 0. The molecule has 2 N–H and O–H groups in total. The standard InChI is InChI=1S/C23H23FN2O5S/c1-14-5-10-18(32(28,29)26-17-8-6-16(24)7-9-17)12-19(14)23(27)25-20-13-22(31-4)21(30-3)11-15(20)2/h5-13,26H,1-4H3,(H,25,27). The predicted molar refractivity (Wildman–Crippen MR) is 121 cm³/mol. The molecule has 0 aliphatic carbocycles. The van der Waals surface area contributed by atoms with Crippen LogP contribution in [0.3, 0.4) is 0 Å². The van der Waals surface area contributed by atoms with Crippen molar-refractivity contribution in [2.75, 3.05) is 24.3 Å². The molecule has 0 atom stereocenters.